The van der Waals surface area contributed by atoms with Crippen LogP contribution in [0.1, 0.15) is 5.01 Å². The number of hydrogen-bond donors (Lipinski definition) is 1. The highest BCUT2D eigenvalue weighted by Crippen LogP contribution is 2.24. The van der Waals surface area contributed by atoms with Crippen molar-refractivity contribution >= 4 is 17.2 Å². The summed E-state index contributed by atoms with van der Waals surface area (Å²) in [6, 6.07) is 6.58. The van der Waals surface area contributed by atoms with Crippen LogP contribution >= 0.6 is 11.3 Å². The summed E-state index contributed by atoms with van der Waals surface area (Å²) in [4.78, 5) is 17.7. The fourth-order valence-corrected chi connectivity index (χ4v) is 2.20. The first kappa shape index (κ1) is 14.3. The van der Waals surface area contributed by atoms with Crippen molar-refractivity contribution in [1.82, 2.24) is 9.88 Å². The Balaban J connectivity index is 1.78. The van der Waals surface area contributed by atoms with Gasteiger partial charge in [-0.1, -0.05) is 12.1 Å². The van der Waals surface area contributed by atoms with E-state index in [0.717, 1.165) is 11.4 Å². The van der Waals surface area contributed by atoms with Crippen molar-refractivity contribution in [2.75, 3.05) is 20.2 Å². The Morgan fingerprint density at radius 2 is 2.25 bits per heavy atom. The van der Waals surface area contributed by atoms with E-state index in [1.807, 2.05) is 5.38 Å². The second-order valence-electron chi connectivity index (χ2n) is 4.25. The van der Waals surface area contributed by atoms with E-state index < -0.39 is 0 Å². The summed E-state index contributed by atoms with van der Waals surface area (Å²) in [7, 11) is 1.73. The Bertz CT molecular complexity index is 557. The first-order valence-electron chi connectivity index (χ1n) is 6.20. The smallest absolute Gasteiger partial charge is 0.260 e. The van der Waals surface area contributed by atoms with Crippen molar-refractivity contribution in [2.24, 2.45) is 0 Å². The Morgan fingerprint density at radius 3 is 2.95 bits per heavy atom. The summed E-state index contributed by atoms with van der Waals surface area (Å²) in [5.41, 5.74) is 0. The molecule has 0 aliphatic carbocycles. The van der Waals surface area contributed by atoms with Crippen LogP contribution in [-0.2, 0) is 11.2 Å². The molecule has 0 unspecified atom stereocenters. The summed E-state index contributed by atoms with van der Waals surface area (Å²) < 4.78 is 5.30. The fourth-order valence-electron chi connectivity index (χ4n) is 1.59. The molecule has 1 heterocycles. The summed E-state index contributed by atoms with van der Waals surface area (Å²) in [5, 5.41) is 12.5. The third kappa shape index (κ3) is 3.96. The predicted molar refractivity (Wildman–Crippen MR) is 77.1 cm³/mol. The number of carbonyl (C=O) groups excluding carboxylic acids is 1. The number of likely N-dealkylation sites (N-methyl/N-ethyl adjacent to an activating group) is 1. The highest BCUT2D eigenvalue weighted by Gasteiger charge is 2.11. The molecule has 5 nitrogen and oxygen atoms in total. The van der Waals surface area contributed by atoms with Gasteiger partial charge < -0.3 is 14.7 Å². The molecule has 0 spiro atoms. The van der Waals surface area contributed by atoms with Gasteiger partial charge in [0.15, 0.2) is 18.1 Å². The number of phenols is 1. The van der Waals surface area contributed by atoms with Gasteiger partial charge in [0.25, 0.3) is 5.91 Å². The molecule has 1 amide bonds. The van der Waals surface area contributed by atoms with E-state index in [4.69, 9.17) is 4.74 Å². The van der Waals surface area contributed by atoms with Crippen molar-refractivity contribution in [2.45, 2.75) is 6.42 Å². The maximum absolute atomic E-state index is 11.9. The average molecular weight is 292 g/mol. The minimum absolute atomic E-state index is 0.0331. The van der Waals surface area contributed by atoms with Crippen molar-refractivity contribution < 1.29 is 14.6 Å². The van der Waals surface area contributed by atoms with Crippen LogP contribution in [0, 0.1) is 0 Å². The normalized spacial score (nSPS) is 10.2. The Kier molecular flexibility index (Phi) is 4.95. The highest BCUT2D eigenvalue weighted by atomic mass is 32.1. The van der Waals surface area contributed by atoms with E-state index in [2.05, 4.69) is 4.98 Å². The summed E-state index contributed by atoms with van der Waals surface area (Å²) in [5.74, 6) is 0.213. The molecule has 0 saturated heterocycles. The van der Waals surface area contributed by atoms with E-state index in [0.29, 0.717) is 12.3 Å². The van der Waals surface area contributed by atoms with Crippen LogP contribution in [0.5, 0.6) is 11.5 Å². The number of hydrogen-bond acceptors (Lipinski definition) is 5. The van der Waals surface area contributed by atoms with Crippen LogP contribution < -0.4 is 4.74 Å². The third-order valence-electron chi connectivity index (χ3n) is 2.79. The Labute approximate surface area is 121 Å². The largest absolute Gasteiger partial charge is 0.504 e. The van der Waals surface area contributed by atoms with Crippen molar-refractivity contribution in [1.29, 1.82) is 0 Å². The first-order valence-corrected chi connectivity index (χ1v) is 7.08. The van der Waals surface area contributed by atoms with Gasteiger partial charge in [-0.2, -0.15) is 0 Å². The lowest BCUT2D eigenvalue weighted by Gasteiger charge is -2.17. The molecular formula is C14H16N2O3S. The molecule has 1 N–H and O–H groups in total. The van der Waals surface area contributed by atoms with E-state index >= 15 is 0 Å². The summed E-state index contributed by atoms with van der Waals surface area (Å²) in [6.07, 6.45) is 2.49. The fraction of sp³-hybridized carbons (Fsp3) is 0.286. The lowest BCUT2D eigenvalue weighted by Crippen LogP contribution is -2.33. The molecule has 1 aromatic heterocycles. The van der Waals surface area contributed by atoms with Gasteiger partial charge in [-0.15, -0.1) is 11.3 Å². The zero-order valence-corrected chi connectivity index (χ0v) is 12.0. The SMILES string of the molecule is CN(CCc1nccs1)C(=O)COc1ccccc1O. The quantitative estimate of drug-likeness (QED) is 0.883. The molecule has 2 aromatic rings. The molecule has 2 rings (SSSR count). The number of thiazole rings is 1. The Hall–Kier alpha value is -2.08. The molecule has 20 heavy (non-hydrogen) atoms. The molecular weight excluding hydrogens is 276 g/mol. The van der Waals surface area contributed by atoms with E-state index in [-0.39, 0.29) is 18.3 Å². The molecule has 0 saturated carbocycles. The molecule has 0 aliphatic rings. The van der Waals surface area contributed by atoms with Crippen LogP contribution in [0.25, 0.3) is 0 Å². The molecule has 0 fully saturated rings. The molecule has 106 valence electrons. The number of carbonyl (C=O) groups is 1. The average Bonchev–Trinajstić information content (AvgIpc) is 2.97. The predicted octanol–water partition coefficient (Wildman–Crippen LogP) is 1.93. The summed E-state index contributed by atoms with van der Waals surface area (Å²) in [6.45, 7) is 0.502. The zero-order chi connectivity index (χ0) is 14.4. The second kappa shape index (κ2) is 6.91. The lowest BCUT2D eigenvalue weighted by molar-refractivity contribution is -0.132. The maximum Gasteiger partial charge on any atom is 0.260 e. The van der Waals surface area contributed by atoms with Crippen molar-refractivity contribution in [3.05, 3.63) is 40.8 Å². The number of nitrogens with zero attached hydrogens (tertiary/aromatic N) is 2. The zero-order valence-electron chi connectivity index (χ0n) is 11.2. The standard InChI is InChI=1S/C14H16N2O3S/c1-16(8-6-13-15-7-9-20-13)14(18)10-19-12-5-3-2-4-11(12)17/h2-5,7,9,17H,6,8,10H2,1H3. The third-order valence-corrected chi connectivity index (χ3v) is 3.63. The molecule has 0 bridgehead atoms. The van der Waals surface area contributed by atoms with Gasteiger partial charge in [-0.25, -0.2) is 4.98 Å². The monoisotopic (exact) mass is 292 g/mol. The van der Waals surface area contributed by atoms with Gasteiger partial charge in [-0.05, 0) is 12.1 Å². The van der Waals surface area contributed by atoms with E-state index in [1.54, 1.807) is 47.7 Å². The number of para-hydroxylation sites is 2. The van der Waals surface area contributed by atoms with Gasteiger partial charge in [0, 0.05) is 31.6 Å². The van der Waals surface area contributed by atoms with Crippen LogP contribution in [0.15, 0.2) is 35.8 Å². The number of amides is 1. The molecule has 6 heteroatoms. The highest BCUT2D eigenvalue weighted by molar-refractivity contribution is 7.09. The first-order chi connectivity index (χ1) is 9.66. The van der Waals surface area contributed by atoms with Gasteiger partial charge in [0.05, 0.1) is 5.01 Å². The van der Waals surface area contributed by atoms with Gasteiger partial charge in [0.1, 0.15) is 0 Å². The number of benzene rings is 1. The molecule has 0 radical (unpaired) electrons. The number of ether oxygens (including phenoxy) is 1. The topological polar surface area (TPSA) is 62.7 Å². The molecule has 0 atom stereocenters. The van der Waals surface area contributed by atoms with Gasteiger partial charge in [-0.3, -0.25) is 4.79 Å². The molecule has 1 aromatic carbocycles. The minimum atomic E-state index is -0.134. The van der Waals surface area contributed by atoms with Gasteiger partial charge in [0.2, 0.25) is 0 Å². The van der Waals surface area contributed by atoms with Crippen molar-refractivity contribution in [3.63, 3.8) is 0 Å². The Morgan fingerprint density at radius 1 is 1.45 bits per heavy atom. The number of aromatic hydroxyl groups is 1. The number of phenolic OH excluding ortho intramolecular Hbond substituents is 1. The summed E-state index contributed by atoms with van der Waals surface area (Å²) >= 11 is 1.58. The van der Waals surface area contributed by atoms with E-state index in [9.17, 15) is 9.90 Å². The second-order valence-corrected chi connectivity index (χ2v) is 5.23. The van der Waals surface area contributed by atoms with Crippen LogP contribution in [0.4, 0.5) is 0 Å². The van der Waals surface area contributed by atoms with E-state index in [1.165, 1.54) is 6.07 Å². The van der Waals surface area contributed by atoms with Crippen molar-refractivity contribution in [3.8, 4) is 11.5 Å². The number of aromatic nitrogens is 1. The maximum atomic E-state index is 11.9. The van der Waals surface area contributed by atoms with Crippen LogP contribution in [-0.4, -0.2) is 41.1 Å². The number of rotatable bonds is 6. The van der Waals surface area contributed by atoms with Crippen LogP contribution in [0.3, 0.4) is 0 Å². The van der Waals surface area contributed by atoms with Gasteiger partial charge >= 0.3 is 0 Å². The molecule has 0 aliphatic heterocycles. The lowest BCUT2D eigenvalue weighted by atomic mass is 10.3. The van der Waals surface area contributed by atoms with Crippen LogP contribution in [0.2, 0.25) is 0 Å². The minimum Gasteiger partial charge on any atom is -0.504 e.